The second-order valence-electron chi connectivity index (χ2n) is 5.74. The second-order valence-corrected chi connectivity index (χ2v) is 5.74. The zero-order valence-corrected chi connectivity index (χ0v) is 13.1. The lowest BCUT2D eigenvalue weighted by Crippen LogP contribution is -2.28. The second kappa shape index (κ2) is 6.70. The zero-order valence-electron chi connectivity index (χ0n) is 13.1. The summed E-state index contributed by atoms with van der Waals surface area (Å²) in [5, 5.41) is 10.6. The SMILES string of the molecule is CCC(=O)/C=C/Cc1c[nH]c2ncnc(OCC(C)(C)O)c12. The molecular formula is C16H21N3O3. The molecule has 22 heavy (non-hydrogen) atoms. The van der Waals surface area contributed by atoms with Gasteiger partial charge in [0, 0.05) is 12.6 Å². The molecule has 2 aromatic rings. The quantitative estimate of drug-likeness (QED) is 0.765. The van der Waals surface area contributed by atoms with Gasteiger partial charge in [0.2, 0.25) is 5.88 Å². The number of H-pyrrole nitrogens is 1. The minimum absolute atomic E-state index is 0.0922. The number of carbonyl (C=O) groups excluding carboxylic acids is 1. The van der Waals surface area contributed by atoms with E-state index in [9.17, 15) is 9.90 Å². The minimum Gasteiger partial charge on any atom is -0.474 e. The summed E-state index contributed by atoms with van der Waals surface area (Å²) in [7, 11) is 0. The highest BCUT2D eigenvalue weighted by Crippen LogP contribution is 2.26. The van der Waals surface area contributed by atoms with Crippen molar-refractivity contribution >= 4 is 16.8 Å². The van der Waals surface area contributed by atoms with Crippen LogP contribution in [0.4, 0.5) is 0 Å². The van der Waals surface area contributed by atoms with Crippen LogP contribution in [-0.4, -0.2) is 38.0 Å². The highest BCUT2D eigenvalue weighted by molar-refractivity contribution is 5.89. The fraction of sp³-hybridized carbons (Fsp3) is 0.438. The first-order chi connectivity index (χ1) is 10.4. The summed E-state index contributed by atoms with van der Waals surface area (Å²) >= 11 is 0. The molecule has 0 unspecified atom stereocenters. The van der Waals surface area contributed by atoms with Crippen LogP contribution >= 0.6 is 0 Å². The fourth-order valence-corrected chi connectivity index (χ4v) is 1.95. The van der Waals surface area contributed by atoms with E-state index >= 15 is 0 Å². The van der Waals surface area contributed by atoms with Crippen LogP contribution in [0.3, 0.4) is 0 Å². The Morgan fingerprint density at radius 3 is 2.91 bits per heavy atom. The Kier molecular flexibility index (Phi) is 4.92. The van der Waals surface area contributed by atoms with Crippen LogP contribution in [0, 0.1) is 0 Å². The number of fused-ring (bicyclic) bond motifs is 1. The van der Waals surface area contributed by atoms with Crippen LogP contribution in [0.15, 0.2) is 24.7 Å². The number of hydrogen-bond donors (Lipinski definition) is 2. The number of ketones is 1. The van der Waals surface area contributed by atoms with Crippen molar-refractivity contribution in [2.24, 2.45) is 0 Å². The molecule has 0 bridgehead atoms. The van der Waals surface area contributed by atoms with E-state index in [4.69, 9.17) is 4.74 Å². The molecule has 0 saturated carbocycles. The minimum atomic E-state index is -0.943. The maximum absolute atomic E-state index is 11.3. The number of nitrogens with one attached hydrogen (secondary N) is 1. The standard InChI is InChI=1S/C16H21N3O3/c1-4-12(20)7-5-6-11-8-17-14-13(11)15(19-10-18-14)22-9-16(2,3)21/h5,7-8,10,21H,4,6,9H2,1-3H3,(H,17,18,19)/b7-5+. The van der Waals surface area contributed by atoms with Crippen LogP contribution in [0.2, 0.25) is 0 Å². The van der Waals surface area contributed by atoms with E-state index in [-0.39, 0.29) is 12.4 Å². The summed E-state index contributed by atoms with van der Waals surface area (Å²) in [6.45, 7) is 5.30. The third-order valence-electron chi connectivity index (χ3n) is 3.07. The highest BCUT2D eigenvalue weighted by atomic mass is 16.5. The van der Waals surface area contributed by atoms with Gasteiger partial charge in [0.05, 0.1) is 11.0 Å². The molecule has 118 valence electrons. The van der Waals surface area contributed by atoms with Gasteiger partial charge in [-0.3, -0.25) is 4.79 Å². The zero-order chi connectivity index (χ0) is 16.2. The number of aromatic amines is 1. The number of carbonyl (C=O) groups is 1. The van der Waals surface area contributed by atoms with Crippen LogP contribution in [0.25, 0.3) is 11.0 Å². The van der Waals surface area contributed by atoms with E-state index in [1.165, 1.54) is 6.33 Å². The Morgan fingerprint density at radius 2 is 2.23 bits per heavy atom. The fourth-order valence-electron chi connectivity index (χ4n) is 1.95. The van der Waals surface area contributed by atoms with Gasteiger partial charge < -0.3 is 14.8 Å². The molecule has 0 aliphatic carbocycles. The Balaban J connectivity index is 2.24. The van der Waals surface area contributed by atoms with Crippen molar-refractivity contribution in [3.8, 4) is 5.88 Å². The predicted octanol–water partition coefficient (Wildman–Crippen LogP) is 2.19. The third-order valence-corrected chi connectivity index (χ3v) is 3.07. The summed E-state index contributed by atoms with van der Waals surface area (Å²) in [6, 6.07) is 0. The molecule has 2 rings (SSSR count). The summed E-state index contributed by atoms with van der Waals surface area (Å²) < 4.78 is 5.62. The first kappa shape index (κ1) is 16.2. The van der Waals surface area contributed by atoms with Gasteiger partial charge in [0.25, 0.3) is 0 Å². The Hall–Kier alpha value is -2.21. The Labute approximate surface area is 129 Å². The lowest BCUT2D eigenvalue weighted by atomic mass is 10.1. The van der Waals surface area contributed by atoms with Crippen molar-refractivity contribution in [1.29, 1.82) is 0 Å². The largest absolute Gasteiger partial charge is 0.474 e. The van der Waals surface area contributed by atoms with E-state index in [1.807, 2.05) is 19.2 Å². The lowest BCUT2D eigenvalue weighted by Gasteiger charge is -2.17. The number of nitrogens with zero attached hydrogens (tertiary/aromatic N) is 2. The molecule has 2 aromatic heterocycles. The lowest BCUT2D eigenvalue weighted by molar-refractivity contribution is -0.114. The van der Waals surface area contributed by atoms with Gasteiger partial charge in [-0.2, -0.15) is 0 Å². The summed E-state index contributed by atoms with van der Waals surface area (Å²) in [5.41, 5.74) is 0.675. The molecule has 6 heteroatoms. The van der Waals surface area contributed by atoms with Crippen molar-refractivity contribution in [1.82, 2.24) is 15.0 Å². The topological polar surface area (TPSA) is 88.1 Å². The average Bonchev–Trinajstić information content (AvgIpc) is 2.88. The molecule has 0 aliphatic heterocycles. The number of rotatable bonds is 7. The normalized spacial score (nSPS) is 12.2. The van der Waals surface area contributed by atoms with E-state index in [0.717, 1.165) is 10.9 Å². The molecule has 0 fully saturated rings. The number of aliphatic hydroxyl groups is 1. The maximum Gasteiger partial charge on any atom is 0.226 e. The van der Waals surface area contributed by atoms with Crippen LogP contribution < -0.4 is 4.74 Å². The van der Waals surface area contributed by atoms with Crippen LogP contribution in [0.1, 0.15) is 32.8 Å². The van der Waals surface area contributed by atoms with Gasteiger partial charge in [-0.25, -0.2) is 9.97 Å². The molecule has 2 N–H and O–H groups in total. The van der Waals surface area contributed by atoms with Crippen molar-refractivity contribution in [2.45, 2.75) is 39.2 Å². The van der Waals surface area contributed by atoms with Gasteiger partial charge in [-0.1, -0.05) is 13.0 Å². The van der Waals surface area contributed by atoms with Gasteiger partial charge in [-0.05, 0) is 31.9 Å². The third kappa shape index (κ3) is 4.14. The van der Waals surface area contributed by atoms with E-state index in [2.05, 4.69) is 15.0 Å². The highest BCUT2D eigenvalue weighted by Gasteiger charge is 2.17. The van der Waals surface area contributed by atoms with Crippen molar-refractivity contribution < 1.29 is 14.6 Å². The first-order valence-electron chi connectivity index (χ1n) is 7.26. The van der Waals surface area contributed by atoms with Crippen LogP contribution in [-0.2, 0) is 11.2 Å². The maximum atomic E-state index is 11.3. The number of aromatic nitrogens is 3. The van der Waals surface area contributed by atoms with Gasteiger partial charge in [0.15, 0.2) is 5.78 Å². The number of hydrogen-bond acceptors (Lipinski definition) is 5. The van der Waals surface area contributed by atoms with Gasteiger partial charge in [-0.15, -0.1) is 0 Å². The molecule has 0 saturated heterocycles. The van der Waals surface area contributed by atoms with E-state index < -0.39 is 5.60 Å². The molecule has 0 spiro atoms. The van der Waals surface area contributed by atoms with Crippen LogP contribution in [0.5, 0.6) is 5.88 Å². The summed E-state index contributed by atoms with van der Waals surface area (Å²) in [4.78, 5) is 22.7. The molecule has 0 aromatic carbocycles. The predicted molar refractivity (Wildman–Crippen MR) is 83.8 cm³/mol. The molecule has 0 aliphatic rings. The van der Waals surface area contributed by atoms with Crippen molar-refractivity contribution in [2.75, 3.05) is 6.61 Å². The smallest absolute Gasteiger partial charge is 0.226 e. The summed E-state index contributed by atoms with van der Waals surface area (Å²) in [5.74, 6) is 0.521. The van der Waals surface area contributed by atoms with Gasteiger partial charge >= 0.3 is 0 Å². The monoisotopic (exact) mass is 303 g/mol. The molecule has 0 amide bonds. The van der Waals surface area contributed by atoms with E-state index in [1.54, 1.807) is 19.9 Å². The van der Waals surface area contributed by atoms with Crippen molar-refractivity contribution in [3.63, 3.8) is 0 Å². The molecule has 6 nitrogen and oxygen atoms in total. The molecule has 0 radical (unpaired) electrons. The number of allylic oxidation sites excluding steroid dienone is 2. The Morgan fingerprint density at radius 1 is 1.45 bits per heavy atom. The molecule has 2 heterocycles. The van der Waals surface area contributed by atoms with Crippen molar-refractivity contribution in [3.05, 3.63) is 30.2 Å². The molecule has 0 atom stereocenters. The number of ether oxygens (including phenoxy) is 1. The first-order valence-corrected chi connectivity index (χ1v) is 7.26. The Bertz CT molecular complexity index is 683. The average molecular weight is 303 g/mol. The van der Waals surface area contributed by atoms with E-state index in [0.29, 0.717) is 24.4 Å². The van der Waals surface area contributed by atoms with Gasteiger partial charge in [0.1, 0.15) is 18.6 Å². The summed E-state index contributed by atoms with van der Waals surface area (Å²) in [6.07, 6.45) is 7.72. The molecular weight excluding hydrogens is 282 g/mol.